The molecule has 0 spiro atoms. The van der Waals surface area contributed by atoms with Crippen molar-refractivity contribution in [3.63, 3.8) is 0 Å². The van der Waals surface area contributed by atoms with Gasteiger partial charge in [0.25, 0.3) is 0 Å². The van der Waals surface area contributed by atoms with Crippen LogP contribution in [0.15, 0.2) is 134 Å². The number of rotatable bonds is 4. The molecule has 3 heterocycles. The highest BCUT2D eigenvalue weighted by atomic mass is 16.5. The van der Waals surface area contributed by atoms with Gasteiger partial charge in [0.05, 0.1) is 22.5 Å². The van der Waals surface area contributed by atoms with Gasteiger partial charge in [0, 0.05) is 17.3 Å². The Morgan fingerprint density at radius 2 is 1.11 bits per heavy atom. The van der Waals surface area contributed by atoms with E-state index < -0.39 is 5.41 Å². The second-order valence-corrected chi connectivity index (χ2v) is 14.3. The first-order chi connectivity index (χ1) is 22.0. The molecular weight excluding hydrogens is 560 g/mol. The maximum absolute atomic E-state index is 6.80. The van der Waals surface area contributed by atoms with Crippen molar-refractivity contribution < 1.29 is 4.74 Å². The van der Waals surface area contributed by atoms with Crippen molar-refractivity contribution >= 4 is 0 Å². The summed E-state index contributed by atoms with van der Waals surface area (Å²) in [4.78, 5) is 10.2. The summed E-state index contributed by atoms with van der Waals surface area (Å²) in [6.07, 6.45) is 1.83. The highest BCUT2D eigenvalue weighted by Gasteiger charge is 2.47. The molecule has 0 atom stereocenters. The molecule has 0 amide bonds. The van der Waals surface area contributed by atoms with Crippen LogP contribution in [0.3, 0.4) is 0 Å². The number of nitrogens with zero attached hydrogens (tertiary/aromatic N) is 2. The second kappa shape index (κ2) is 11.1. The van der Waals surface area contributed by atoms with Crippen molar-refractivity contribution in [3.05, 3.63) is 167 Å². The number of aromatic nitrogens is 2. The lowest BCUT2D eigenvalue weighted by Gasteiger charge is -2.42. The molecule has 1 aliphatic heterocycles. The average Bonchev–Trinajstić information content (AvgIpc) is 3.07. The summed E-state index contributed by atoms with van der Waals surface area (Å²) in [6.45, 7) is 13.6. The third-order valence-electron chi connectivity index (χ3n) is 9.18. The molecule has 7 rings (SSSR count). The van der Waals surface area contributed by atoms with E-state index in [1.54, 1.807) is 0 Å². The van der Waals surface area contributed by atoms with Crippen LogP contribution < -0.4 is 4.74 Å². The van der Waals surface area contributed by atoms with Crippen molar-refractivity contribution in [3.8, 4) is 34.0 Å². The predicted molar refractivity (Wildman–Crippen MR) is 189 cm³/mol. The number of hydrogen-bond donors (Lipinski definition) is 0. The molecule has 228 valence electrons. The molecular formula is C43H40N2O. The normalized spacial score (nSPS) is 13.8. The van der Waals surface area contributed by atoms with Crippen LogP contribution in [0.25, 0.3) is 22.5 Å². The van der Waals surface area contributed by atoms with E-state index in [-0.39, 0.29) is 10.8 Å². The van der Waals surface area contributed by atoms with Crippen LogP contribution in [0.1, 0.15) is 75.1 Å². The maximum Gasteiger partial charge on any atom is 0.132 e. The molecule has 0 saturated carbocycles. The van der Waals surface area contributed by atoms with Gasteiger partial charge in [0.2, 0.25) is 0 Å². The molecule has 4 aromatic carbocycles. The number of ether oxygens (including phenoxy) is 1. The zero-order chi connectivity index (χ0) is 32.1. The molecule has 0 saturated heterocycles. The summed E-state index contributed by atoms with van der Waals surface area (Å²) in [5, 5.41) is 0. The zero-order valence-electron chi connectivity index (χ0n) is 27.5. The molecule has 6 aromatic rings. The number of benzene rings is 4. The highest BCUT2D eigenvalue weighted by Crippen LogP contribution is 2.56. The van der Waals surface area contributed by atoms with Crippen LogP contribution in [0.5, 0.6) is 11.5 Å². The first-order valence-electron chi connectivity index (χ1n) is 16.1. The third kappa shape index (κ3) is 5.10. The quantitative estimate of drug-likeness (QED) is 0.202. The SMILES string of the molecule is CC(C)(C)c1ccc2c(c1)C(c1cccc(-c3ccccc3)c1)(c1cccc(-c3ccccn3)n1)c1cc(C(C)(C)C)ccc1O2. The summed E-state index contributed by atoms with van der Waals surface area (Å²) in [7, 11) is 0. The molecule has 3 nitrogen and oxygen atoms in total. The summed E-state index contributed by atoms with van der Waals surface area (Å²) in [6, 6.07) is 45.3. The standard InChI is InChI=1S/C43H40N2O/c1-41(2,3)31-21-23-38-34(27-31)43(35-28-32(42(4,5)6)22-24-39(35)46-38,33-17-12-16-30(26-33)29-14-8-7-9-15-29)40-20-13-19-37(45-40)36-18-10-11-25-44-36/h7-28H,1-6H3. The van der Waals surface area contributed by atoms with E-state index in [9.17, 15) is 0 Å². The first-order valence-corrected chi connectivity index (χ1v) is 16.1. The van der Waals surface area contributed by atoms with Gasteiger partial charge in [-0.15, -0.1) is 0 Å². The molecule has 1 aliphatic rings. The minimum absolute atomic E-state index is 0.0660. The lowest BCUT2D eigenvalue weighted by Crippen LogP contribution is -2.36. The number of pyridine rings is 2. The van der Waals surface area contributed by atoms with E-state index in [1.807, 2.05) is 24.4 Å². The smallest absolute Gasteiger partial charge is 0.132 e. The van der Waals surface area contributed by atoms with Gasteiger partial charge in [-0.05, 0) is 93.2 Å². The first kappa shape index (κ1) is 29.7. The van der Waals surface area contributed by atoms with Crippen LogP contribution in [0.2, 0.25) is 0 Å². The molecule has 0 fully saturated rings. The van der Waals surface area contributed by atoms with E-state index in [0.29, 0.717) is 0 Å². The molecule has 0 bridgehead atoms. The fraction of sp³-hybridized carbons (Fsp3) is 0.209. The summed E-state index contributed by atoms with van der Waals surface area (Å²) in [5.41, 5.74) is 9.86. The van der Waals surface area contributed by atoms with Gasteiger partial charge in [-0.2, -0.15) is 0 Å². The van der Waals surface area contributed by atoms with Crippen molar-refractivity contribution in [1.29, 1.82) is 0 Å². The lowest BCUT2D eigenvalue weighted by atomic mass is 9.63. The second-order valence-electron chi connectivity index (χ2n) is 14.3. The van der Waals surface area contributed by atoms with Gasteiger partial charge in [-0.1, -0.05) is 114 Å². The van der Waals surface area contributed by atoms with E-state index in [0.717, 1.165) is 50.8 Å². The van der Waals surface area contributed by atoms with Crippen LogP contribution in [-0.2, 0) is 16.2 Å². The minimum atomic E-state index is -0.777. The van der Waals surface area contributed by atoms with Crippen LogP contribution >= 0.6 is 0 Å². The van der Waals surface area contributed by atoms with Gasteiger partial charge in [-0.25, -0.2) is 4.98 Å². The Kier molecular flexibility index (Phi) is 7.16. The highest BCUT2D eigenvalue weighted by molar-refractivity contribution is 5.73. The van der Waals surface area contributed by atoms with Crippen molar-refractivity contribution in [2.75, 3.05) is 0 Å². The zero-order valence-corrected chi connectivity index (χ0v) is 27.5. The van der Waals surface area contributed by atoms with Gasteiger partial charge in [0.1, 0.15) is 11.5 Å². The lowest BCUT2D eigenvalue weighted by molar-refractivity contribution is 0.429. The van der Waals surface area contributed by atoms with Crippen LogP contribution in [0.4, 0.5) is 0 Å². The van der Waals surface area contributed by atoms with E-state index in [2.05, 4.69) is 156 Å². The molecule has 2 aromatic heterocycles. The Labute approximate surface area is 273 Å². The molecule has 0 N–H and O–H groups in total. The van der Waals surface area contributed by atoms with E-state index >= 15 is 0 Å². The Balaban J connectivity index is 1.64. The number of hydrogen-bond acceptors (Lipinski definition) is 3. The van der Waals surface area contributed by atoms with Crippen molar-refractivity contribution in [2.45, 2.75) is 57.8 Å². The van der Waals surface area contributed by atoms with Gasteiger partial charge >= 0.3 is 0 Å². The van der Waals surface area contributed by atoms with E-state index in [4.69, 9.17) is 9.72 Å². The third-order valence-corrected chi connectivity index (χ3v) is 9.18. The van der Waals surface area contributed by atoms with Crippen molar-refractivity contribution in [2.24, 2.45) is 0 Å². The predicted octanol–water partition coefficient (Wildman–Crippen LogP) is 10.9. The van der Waals surface area contributed by atoms with E-state index in [1.165, 1.54) is 16.7 Å². The topological polar surface area (TPSA) is 35.0 Å². The number of fused-ring (bicyclic) bond motifs is 2. The summed E-state index contributed by atoms with van der Waals surface area (Å²) in [5.74, 6) is 1.69. The molecule has 46 heavy (non-hydrogen) atoms. The Morgan fingerprint density at radius 1 is 0.522 bits per heavy atom. The minimum Gasteiger partial charge on any atom is -0.457 e. The fourth-order valence-corrected chi connectivity index (χ4v) is 6.62. The van der Waals surface area contributed by atoms with Crippen LogP contribution in [0, 0.1) is 0 Å². The fourth-order valence-electron chi connectivity index (χ4n) is 6.62. The molecule has 0 unspecified atom stereocenters. The summed E-state index contributed by atoms with van der Waals surface area (Å²) >= 11 is 0. The molecule has 0 aliphatic carbocycles. The molecule has 0 radical (unpaired) electrons. The Bertz CT molecular complexity index is 1880. The summed E-state index contributed by atoms with van der Waals surface area (Å²) < 4.78 is 6.80. The van der Waals surface area contributed by atoms with Crippen molar-refractivity contribution in [1.82, 2.24) is 9.97 Å². The largest absolute Gasteiger partial charge is 0.457 e. The van der Waals surface area contributed by atoms with Gasteiger partial charge in [0.15, 0.2) is 0 Å². The van der Waals surface area contributed by atoms with Gasteiger partial charge in [-0.3, -0.25) is 4.98 Å². The Hall–Kier alpha value is -5.02. The maximum atomic E-state index is 6.80. The molecule has 3 heteroatoms. The van der Waals surface area contributed by atoms with Crippen LogP contribution in [-0.4, -0.2) is 9.97 Å². The monoisotopic (exact) mass is 600 g/mol. The average molecular weight is 601 g/mol. The van der Waals surface area contributed by atoms with Gasteiger partial charge < -0.3 is 4.74 Å². The Morgan fingerprint density at radius 3 is 1.72 bits per heavy atom.